The molecular formula is C15H16F3NO2. The minimum Gasteiger partial charge on any atom is -0.460 e. The van der Waals surface area contributed by atoms with Crippen molar-refractivity contribution in [2.45, 2.75) is 32.8 Å². The maximum absolute atomic E-state index is 12.4. The van der Waals surface area contributed by atoms with E-state index < -0.39 is 6.36 Å². The number of halogens is 3. The predicted octanol–water partition coefficient (Wildman–Crippen LogP) is 4.34. The summed E-state index contributed by atoms with van der Waals surface area (Å²) in [5, 5.41) is 3.17. The summed E-state index contributed by atoms with van der Waals surface area (Å²) in [4.78, 5) is 0. The number of furan rings is 1. The van der Waals surface area contributed by atoms with Crippen LogP contribution >= 0.6 is 0 Å². The summed E-state index contributed by atoms with van der Waals surface area (Å²) in [6.45, 7) is 4.51. The van der Waals surface area contributed by atoms with E-state index in [1.807, 2.05) is 13.8 Å². The number of hydrogen-bond acceptors (Lipinski definition) is 3. The lowest BCUT2D eigenvalue weighted by Gasteiger charge is -2.11. The molecule has 0 unspecified atom stereocenters. The quantitative estimate of drug-likeness (QED) is 0.891. The molecule has 0 amide bonds. The predicted molar refractivity (Wildman–Crippen MR) is 72.8 cm³/mol. The molecule has 0 bridgehead atoms. The van der Waals surface area contributed by atoms with Crippen molar-refractivity contribution in [2.24, 2.45) is 0 Å². The molecule has 0 aliphatic rings. The summed E-state index contributed by atoms with van der Waals surface area (Å²) in [5.41, 5.74) is 0.269. The molecule has 0 aliphatic carbocycles. The zero-order chi connectivity index (χ0) is 15.5. The van der Waals surface area contributed by atoms with Gasteiger partial charge in [-0.1, -0.05) is 26.0 Å². The Morgan fingerprint density at radius 1 is 1.14 bits per heavy atom. The smallest absolute Gasteiger partial charge is 0.460 e. The molecule has 6 heteroatoms. The third kappa shape index (κ3) is 4.53. The number of hydrogen-bond donors (Lipinski definition) is 1. The van der Waals surface area contributed by atoms with Crippen LogP contribution in [0.3, 0.4) is 0 Å². The SMILES string of the molecule is CC(C)NCc1ccc(-c2ccccc2OC(F)(F)F)o1. The Balaban J connectivity index is 2.22. The van der Waals surface area contributed by atoms with Crippen molar-refractivity contribution in [3.63, 3.8) is 0 Å². The first-order valence-corrected chi connectivity index (χ1v) is 6.52. The lowest BCUT2D eigenvalue weighted by atomic mass is 10.1. The molecule has 1 N–H and O–H groups in total. The second kappa shape index (κ2) is 6.22. The largest absolute Gasteiger partial charge is 0.573 e. The highest BCUT2D eigenvalue weighted by molar-refractivity contribution is 5.65. The topological polar surface area (TPSA) is 34.4 Å². The van der Waals surface area contributed by atoms with E-state index in [4.69, 9.17) is 4.42 Å². The Morgan fingerprint density at radius 2 is 1.86 bits per heavy atom. The first kappa shape index (κ1) is 15.4. The van der Waals surface area contributed by atoms with Crippen LogP contribution in [-0.2, 0) is 6.54 Å². The zero-order valence-electron chi connectivity index (χ0n) is 11.7. The Kier molecular flexibility index (Phi) is 4.57. The molecule has 21 heavy (non-hydrogen) atoms. The van der Waals surface area contributed by atoms with E-state index in [2.05, 4.69) is 10.1 Å². The molecule has 1 aromatic heterocycles. The van der Waals surface area contributed by atoms with Crippen molar-refractivity contribution in [3.8, 4) is 17.1 Å². The van der Waals surface area contributed by atoms with Gasteiger partial charge in [-0.3, -0.25) is 0 Å². The van der Waals surface area contributed by atoms with Gasteiger partial charge < -0.3 is 14.5 Å². The van der Waals surface area contributed by atoms with Gasteiger partial charge >= 0.3 is 6.36 Å². The second-order valence-electron chi connectivity index (χ2n) is 4.85. The van der Waals surface area contributed by atoms with Crippen molar-refractivity contribution in [2.75, 3.05) is 0 Å². The van der Waals surface area contributed by atoms with Crippen LogP contribution in [0.15, 0.2) is 40.8 Å². The lowest BCUT2D eigenvalue weighted by Crippen LogP contribution is -2.21. The van der Waals surface area contributed by atoms with Crippen LogP contribution in [0.4, 0.5) is 13.2 Å². The summed E-state index contributed by atoms with van der Waals surface area (Å²) < 4.78 is 46.8. The fraction of sp³-hybridized carbons (Fsp3) is 0.333. The van der Waals surface area contributed by atoms with Gasteiger partial charge in [-0.2, -0.15) is 0 Å². The minimum atomic E-state index is -4.73. The maximum Gasteiger partial charge on any atom is 0.573 e. The van der Waals surface area contributed by atoms with Crippen molar-refractivity contribution in [1.82, 2.24) is 5.32 Å². The Hall–Kier alpha value is -1.95. The van der Waals surface area contributed by atoms with Gasteiger partial charge in [0.15, 0.2) is 0 Å². The van der Waals surface area contributed by atoms with E-state index in [1.54, 1.807) is 18.2 Å². The summed E-state index contributed by atoms with van der Waals surface area (Å²) in [6.07, 6.45) is -4.73. The molecule has 0 fully saturated rings. The minimum absolute atomic E-state index is 0.269. The van der Waals surface area contributed by atoms with Crippen molar-refractivity contribution < 1.29 is 22.3 Å². The number of rotatable bonds is 5. The summed E-state index contributed by atoms with van der Waals surface area (Å²) in [5.74, 6) is 0.721. The molecule has 114 valence electrons. The van der Waals surface area contributed by atoms with Gasteiger partial charge in [0.05, 0.1) is 12.1 Å². The fourth-order valence-electron chi connectivity index (χ4n) is 1.81. The van der Waals surface area contributed by atoms with Crippen LogP contribution in [0.2, 0.25) is 0 Å². The lowest BCUT2D eigenvalue weighted by molar-refractivity contribution is -0.274. The third-order valence-corrected chi connectivity index (χ3v) is 2.72. The van der Waals surface area contributed by atoms with Crippen molar-refractivity contribution in [1.29, 1.82) is 0 Å². The number of benzene rings is 1. The fourth-order valence-corrected chi connectivity index (χ4v) is 1.81. The molecule has 0 saturated heterocycles. The van der Waals surface area contributed by atoms with Crippen LogP contribution in [-0.4, -0.2) is 12.4 Å². The summed E-state index contributed by atoms with van der Waals surface area (Å²) in [7, 11) is 0. The first-order valence-electron chi connectivity index (χ1n) is 6.52. The standard InChI is InChI=1S/C15H16F3NO2/c1-10(2)19-9-11-7-8-13(20-11)12-5-3-4-6-14(12)21-15(16,17)18/h3-8,10,19H,9H2,1-2H3. The molecule has 0 radical (unpaired) electrons. The summed E-state index contributed by atoms with van der Waals surface area (Å²) >= 11 is 0. The highest BCUT2D eigenvalue weighted by Crippen LogP contribution is 2.34. The van der Waals surface area contributed by atoms with Gasteiger partial charge in [-0.05, 0) is 24.3 Å². The Labute approximate surface area is 120 Å². The Bertz CT molecular complexity index is 591. The zero-order valence-corrected chi connectivity index (χ0v) is 11.7. The van der Waals surface area contributed by atoms with Gasteiger partial charge in [0.1, 0.15) is 17.3 Å². The van der Waals surface area contributed by atoms with E-state index in [0.29, 0.717) is 24.1 Å². The molecule has 0 spiro atoms. The van der Waals surface area contributed by atoms with Crippen LogP contribution in [0, 0.1) is 0 Å². The third-order valence-electron chi connectivity index (χ3n) is 2.72. The van der Waals surface area contributed by atoms with Crippen molar-refractivity contribution in [3.05, 3.63) is 42.2 Å². The van der Waals surface area contributed by atoms with Crippen LogP contribution in [0.1, 0.15) is 19.6 Å². The first-order chi connectivity index (χ1) is 9.85. The molecule has 0 saturated carbocycles. The van der Waals surface area contributed by atoms with Crippen molar-refractivity contribution >= 4 is 0 Å². The van der Waals surface area contributed by atoms with Crippen LogP contribution < -0.4 is 10.1 Å². The molecular weight excluding hydrogens is 283 g/mol. The van der Waals surface area contributed by atoms with Gasteiger partial charge in [0.2, 0.25) is 0 Å². The van der Waals surface area contributed by atoms with E-state index >= 15 is 0 Å². The molecule has 2 aromatic rings. The number of nitrogens with one attached hydrogen (secondary N) is 1. The highest BCUT2D eigenvalue weighted by Gasteiger charge is 2.32. The average molecular weight is 299 g/mol. The van der Waals surface area contributed by atoms with E-state index in [0.717, 1.165) is 0 Å². The van der Waals surface area contributed by atoms with E-state index in [9.17, 15) is 13.2 Å². The van der Waals surface area contributed by atoms with Gasteiger partial charge in [-0.15, -0.1) is 13.2 Å². The second-order valence-corrected chi connectivity index (χ2v) is 4.85. The maximum atomic E-state index is 12.4. The molecule has 0 atom stereocenters. The van der Waals surface area contributed by atoms with Crippen LogP contribution in [0.5, 0.6) is 5.75 Å². The molecule has 0 aliphatic heterocycles. The number of para-hydroxylation sites is 1. The number of ether oxygens (including phenoxy) is 1. The molecule has 1 heterocycles. The van der Waals surface area contributed by atoms with E-state index in [-0.39, 0.29) is 11.3 Å². The normalized spacial score (nSPS) is 11.9. The molecule has 3 nitrogen and oxygen atoms in total. The van der Waals surface area contributed by atoms with Gasteiger partial charge in [0.25, 0.3) is 0 Å². The highest BCUT2D eigenvalue weighted by atomic mass is 19.4. The monoisotopic (exact) mass is 299 g/mol. The summed E-state index contributed by atoms with van der Waals surface area (Å²) in [6, 6.07) is 9.56. The number of alkyl halides is 3. The van der Waals surface area contributed by atoms with Crippen LogP contribution in [0.25, 0.3) is 11.3 Å². The molecule has 2 rings (SSSR count). The van der Waals surface area contributed by atoms with E-state index in [1.165, 1.54) is 18.2 Å². The Morgan fingerprint density at radius 3 is 2.52 bits per heavy atom. The molecule has 1 aromatic carbocycles. The van der Waals surface area contributed by atoms with Gasteiger partial charge in [0, 0.05) is 6.04 Å². The average Bonchev–Trinajstić information content (AvgIpc) is 2.83. The van der Waals surface area contributed by atoms with Gasteiger partial charge in [-0.25, -0.2) is 0 Å².